The predicted molar refractivity (Wildman–Crippen MR) is 92.1 cm³/mol. The first kappa shape index (κ1) is 18.7. The van der Waals surface area contributed by atoms with Crippen LogP contribution in [0, 0.1) is 0 Å². The molecule has 1 amide bonds. The molecule has 8 heteroatoms. The van der Waals surface area contributed by atoms with Gasteiger partial charge in [-0.05, 0) is 37.1 Å². The molecule has 0 saturated heterocycles. The van der Waals surface area contributed by atoms with Crippen LogP contribution in [0.4, 0.5) is 0 Å². The number of nitrogens with one attached hydrogen (secondary N) is 1. The Bertz CT molecular complexity index is 743. The van der Waals surface area contributed by atoms with Crippen LogP contribution in [0.25, 0.3) is 11.4 Å². The molecule has 0 fully saturated rings. The van der Waals surface area contributed by atoms with E-state index in [2.05, 4.69) is 22.0 Å². The fourth-order valence-corrected chi connectivity index (χ4v) is 2.23. The van der Waals surface area contributed by atoms with Crippen LogP contribution in [0.3, 0.4) is 0 Å². The Morgan fingerprint density at radius 3 is 2.72 bits per heavy atom. The molecular weight excluding hydrogens is 346 g/mol. The van der Waals surface area contributed by atoms with Crippen molar-refractivity contribution >= 4 is 23.5 Å². The minimum absolute atomic E-state index is 0.0557. The minimum atomic E-state index is -1.07. The SMILES string of the molecule is C=CCCC(NC(=O)CCc1nc(-c2ccc(Cl)cc2)no1)C(=O)O. The third-order valence-electron chi connectivity index (χ3n) is 3.43. The highest BCUT2D eigenvalue weighted by molar-refractivity contribution is 6.30. The summed E-state index contributed by atoms with van der Waals surface area (Å²) in [5.41, 5.74) is 0.749. The van der Waals surface area contributed by atoms with Crippen molar-refractivity contribution in [3.8, 4) is 11.4 Å². The summed E-state index contributed by atoms with van der Waals surface area (Å²) >= 11 is 5.83. The Labute approximate surface area is 149 Å². The van der Waals surface area contributed by atoms with Crippen molar-refractivity contribution in [1.29, 1.82) is 0 Å². The van der Waals surface area contributed by atoms with E-state index in [1.807, 2.05) is 0 Å². The molecule has 1 aromatic carbocycles. The van der Waals surface area contributed by atoms with Gasteiger partial charge in [0.25, 0.3) is 0 Å². The van der Waals surface area contributed by atoms with E-state index < -0.39 is 12.0 Å². The molecule has 25 heavy (non-hydrogen) atoms. The molecule has 0 radical (unpaired) electrons. The Balaban J connectivity index is 1.88. The average molecular weight is 364 g/mol. The maximum atomic E-state index is 11.9. The third kappa shape index (κ3) is 5.72. The number of hydrogen-bond acceptors (Lipinski definition) is 5. The van der Waals surface area contributed by atoms with Crippen molar-refractivity contribution < 1.29 is 19.2 Å². The van der Waals surface area contributed by atoms with Gasteiger partial charge in [0.1, 0.15) is 6.04 Å². The number of aryl methyl sites for hydroxylation is 1. The van der Waals surface area contributed by atoms with Crippen molar-refractivity contribution in [3.63, 3.8) is 0 Å². The lowest BCUT2D eigenvalue weighted by molar-refractivity contribution is -0.142. The van der Waals surface area contributed by atoms with Gasteiger partial charge >= 0.3 is 5.97 Å². The summed E-state index contributed by atoms with van der Waals surface area (Å²) in [6, 6.07) is 6.03. The van der Waals surface area contributed by atoms with Gasteiger partial charge in [-0.3, -0.25) is 4.79 Å². The zero-order chi connectivity index (χ0) is 18.2. The van der Waals surface area contributed by atoms with E-state index in [0.717, 1.165) is 5.56 Å². The van der Waals surface area contributed by atoms with Gasteiger partial charge in [-0.1, -0.05) is 22.8 Å². The lowest BCUT2D eigenvalue weighted by Crippen LogP contribution is -2.40. The van der Waals surface area contributed by atoms with Crippen LogP contribution < -0.4 is 5.32 Å². The zero-order valence-electron chi connectivity index (χ0n) is 13.4. The van der Waals surface area contributed by atoms with Gasteiger partial charge in [0, 0.05) is 23.4 Å². The number of carboxylic acids is 1. The lowest BCUT2D eigenvalue weighted by atomic mass is 10.1. The highest BCUT2D eigenvalue weighted by Crippen LogP contribution is 2.19. The van der Waals surface area contributed by atoms with Gasteiger partial charge < -0.3 is 14.9 Å². The van der Waals surface area contributed by atoms with E-state index in [9.17, 15) is 9.59 Å². The van der Waals surface area contributed by atoms with Crippen LogP contribution >= 0.6 is 11.6 Å². The molecule has 1 heterocycles. The number of aromatic nitrogens is 2. The van der Waals surface area contributed by atoms with E-state index >= 15 is 0 Å². The molecule has 2 N–H and O–H groups in total. The number of rotatable bonds is 9. The van der Waals surface area contributed by atoms with Crippen LogP contribution in [0.2, 0.25) is 5.02 Å². The van der Waals surface area contributed by atoms with Crippen molar-refractivity contribution in [3.05, 3.63) is 47.8 Å². The number of carboxylic acid groups (broad SMARTS) is 1. The molecule has 2 rings (SSSR count). The first-order valence-corrected chi connectivity index (χ1v) is 8.09. The topological polar surface area (TPSA) is 105 Å². The fraction of sp³-hybridized carbons (Fsp3) is 0.294. The Hall–Kier alpha value is -2.67. The Morgan fingerprint density at radius 1 is 1.36 bits per heavy atom. The smallest absolute Gasteiger partial charge is 0.326 e. The summed E-state index contributed by atoms with van der Waals surface area (Å²) in [5, 5.41) is 16.0. The van der Waals surface area contributed by atoms with Crippen molar-refractivity contribution in [2.75, 3.05) is 0 Å². The number of halogens is 1. The summed E-state index contributed by atoms with van der Waals surface area (Å²) in [6.07, 6.45) is 2.69. The van der Waals surface area contributed by atoms with Crippen molar-refractivity contribution in [2.24, 2.45) is 0 Å². The van der Waals surface area contributed by atoms with Crippen LogP contribution in [-0.2, 0) is 16.0 Å². The summed E-state index contributed by atoms with van der Waals surface area (Å²) in [6.45, 7) is 3.54. The highest BCUT2D eigenvalue weighted by Gasteiger charge is 2.19. The second-order valence-electron chi connectivity index (χ2n) is 5.34. The van der Waals surface area contributed by atoms with Gasteiger partial charge in [0.2, 0.25) is 17.6 Å². The number of allylic oxidation sites excluding steroid dienone is 1. The summed E-state index contributed by atoms with van der Waals surface area (Å²) in [7, 11) is 0. The molecule has 1 atom stereocenters. The Morgan fingerprint density at radius 2 is 2.08 bits per heavy atom. The molecule has 132 valence electrons. The molecule has 2 aromatic rings. The largest absolute Gasteiger partial charge is 0.480 e. The van der Waals surface area contributed by atoms with Crippen molar-refractivity contribution in [2.45, 2.75) is 31.7 Å². The standard InChI is InChI=1S/C17H18ClN3O4/c1-2-3-4-13(17(23)24)19-14(22)9-10-15-20-16(21-25-15)11-5-7-12(18)8-6-11/h2,5-8,13H,1,3-4,9-10H2,(H,19,22)(H,23,24). The second-order valence-corrected chi connectivity index (χ2v) is 5.78. The van der Waals surface area contributed by atoms with Gasteiger partial charge in [0.05, 0.1) is 0 Å². The number of benzene rings is 1. The van der Waals surface area contributed by atoms with Gasteiger partial charge in [-0.2, -0.15) is 4.98 Å². The zero-order valence-corrected chi connectivity index (χ0v) is 14.2. The monoisotopic (exact) mass is 363 g/mol. The molecule has 0 aliphatic heterocycles. The normalized spacial score (nSPS) is 11.7. The second kappa shape index (κ2) is 8.98. The maximum absolute atomic E-state index is 11.9. The van der Waals surface area contributed by atoms with Gasteiger partial charge in [0.15, 0.2) is 0 Å². The molecule has 1 unspecified atom stereocenters. The predicted octanol–water partition coefficient (Wildman–Crippen LogP) is 2.86. The number of nitrogens with zero attached hydrogens (tertiary/aromatic N) is 2. The third-order valence-corrected chi connectivity index (χ3v) is 3.68. The molecule has 7 nitrogen and oxygen atoms in total. The fourth-order valence-electron chi connectivity index (χ4n) is 2.10. The molecule has 0 spiro atoms. The summed E-state index contributed by atoms with van der Waals surface area (Å²) in [5.74, 6) is -0.750. The van der Waals surface area contributed by atoms with E-state index in [4.69, 9.17) is 21.2 Å². The maximum Gasteiger partial charge on any atom is 0.326 e. The van der Waals surface area contributed by atoms with Gasteiger partial charge in [-0.25, -0.2) is 4.79 Å². The number of carbonyl (C=O) groups is 2. The van der Waals surface area contributed by atoms with Crippen molar-refractivity contribution in [1.82, 2.24) is 15.5 Å². The number of aliphatic carboxylic acids is 1. The summed E-state index contributed by atoms with van der Waals surface area (Å²) < 4.78 is 5.11. The minimum Gasteiger partial charge on any atom is -0.480 e. The lowest BCUT2D eigenvalue weighted by Gasteiger charge is -2.12. The molecule has 0 saturated carbocycles. The van der Waals surface area contributed by atoms with Crippen LogP contribution in [0.1, 0.15) is 25.2 Å². The molecule has 0 bridgehead atoms. The first-order chi connectivity index (χ1) is 12.0. The van der Waals surface area contributed by atoms with E-state index in [1.165, 1.54) is 0 Å². The van der Waals surface area contributed by atoms with Crippen LogP contribution in [0.15, 0.2) is 41.4 Å². The number of amides is 1. The van der Waals surface area contributed by atoms with E-state index in [0.29, 0.717) is 29.6 Å². The summed E-state index contributed by atoms with van der Waals surface area (Å²) in [4.78, 5) is 27.2. The number of hydrogen-bond donors (Lipinski definition) is 2. The van der Waals surface area contributed by atoms with E-state index in [-0.39, 0.29) is 18.7 Å². The molecular formula is C17H18ClN3O4. The highest BCUT2D eigenvalue weighted by atomic mass is 35.5. The van der Waals surface area contributed by atoms with Crippen LogP contribution in [0.5, 0.6) is 0 Å². The van der Waals surface area contributed by atoms with Crippen LogP contribution in [-0.4, -0.2) is 33.2 Å². The average Bonchev–Trinajstić information content (AvgIpc) is 3.06. The van der Waals surface area contributed by atoms with E-state index in [1.54, 1.807) is 30.3 Å². The van der Waals surface area contributed by atoms with Gasteiger partial charge in [-0.15, -0.1) is 6.58 Å². The molecule has 0 aliphatic rings. The molecule has 0 aliphatic carbocycles. The quantitative estimate of drug-likeness (QED) is 0.663. The molecule has 1 aromatic heterocycles. The first-order valence-electron chi connectivity index (χ1n) is 7.71. The Kier molecular flexibility index (Phi) is 6.71. The number of carbonyl (C=O) groups excluding carboxylic acids is 1.